The Balaban J connectivity index is 2.20. The highest BCUT2D eigenvalue weighted by Crippen LogP contribution is 2.16. The van der Waals surface area contributed by atoms with E-state index in [1.54, 1.807) is 0 Å². The molecule has 1 unspecified atom stereocenters. The van der Waals surface area contributed by atoms with Crippen molar-refractivity contribution in [2.24, 2.45) is 0 Å². The molecule has 2 nitrogen and oxygen atoms in total. The summed E-state index contributed by atoms with van der Waals surface area (Å²) in [5.41, 5.74) is 0. The second-order valence-electron chi connectivity index (χ2n) is 5.25. The lowest BCUT2D eigenvalue weighted by molar-refractivity contribution is 0.0967. The molecule has 0 aromatic heterocycles. The van der Waals surface area contributed by atoms with Crippen LogP contribution >= 0.6 is 0 Å². The smallest absolute Gasteiger partial charge is 0.0348 e. The van der Waals surface area contributed by atoms with Crippen molar-refractivity contribution in [2.45, 2.75) is 71.4 Å². The van der Waals surface area contributed by atoms with Crippen molar-refractivity contribution < 1.29 is 0 Å². The molecule has 1 rings (SSSR count). The van der Waals surface area contributed by atoms with Crippen LogP contribution in [0.15, 0.2) is 0 Å². The number of nitrogens with one attached hydrogen (secondary N) is 1. The molecule has 0 spiro atoms. The first-order valence-electron chi connectivity index (χ1n) is 7.26. The van der Waals surface area contributed by atoms with Gasteiger partial charge < -0.3 is 5.32 Å². The van der Waals surface area contributed by atoms with Gasteiger partial charge in [0.1, 0.15) is 0 Å². The molecule has 1 heterocycles. The van der Waals surface area contributed by atoms with Gasteiger partial charge in [0.05, 0.1) is 0 Å². The van der Waals surface area contributed by atoms with Crippen LogP contribution in [0, 0.1) is 0 Å². The fraction of sp³-hybridized carbons (Fsp3) is 1.00. The first-order valence-corrected chi connectivity index (χ1v) is 7.26. The number of hydrogen-bond acceptors (Lipinski definition) is 2. The lowest BCUT2D eigenvalue weighted by atomic mass is 10.0. The van der Waals surface area contributed by atoms with E-state index >= 15 is 0 Å². The average molecular weight is 226 g/mol. The Morgan fingerprint density at radius 2 is 1.88 bits per heavy atom. The van der Waals surface area contributed by atoms with Gasteiger partial charge in [-0.25, -0.2) is 0 Å². The molecule has 1 saturated heterocycles. The monoisotopic (exact) mass is 226 g/mol. The van der Waals surface area contributed by atoms with Crippen molar-refractivity contribution in [3.63, 3.8) is 0 Å². The van der Waals surface area contributed by atoms with Crippen LogP contribution in [-0.4, -0.2) is 36.6 Å². The Morgan fingerprint density at radius 3 is 2.38 bits per heavy atom. The van der Waals surface area contributed by atoms with Crippen LogP contribution in [0.25, 0.3) is 0 Å². The summed E-state index contributed by atoms with van der Waals surface area (Å²) < 4.78 is 0. The van der Waals surface area contributed by atoms with E-state index in [0.29, 0.717) is 0 Å². The Morgan fingerprint density at radius 1 is 1.12 bits per heavy atom. The predicted molar refractivity (Wildman–Crippen MR) is 71.9 cm³/mol. The van der Waals surface area contributed by atoms with Gasteiger partial charge in [0.25, 0.3) is 0 Å². The van der Waals surface area contributed by atoms with E-state index in [1.807, 2.05) is 0 Å². The normalized spacial score (nSPS) is 18.8. The maximum Gasteiger partial charge on any atom is 0.0348 e. The first-order chi connectivity index (χ1) is 7.79. The second-order valence-corrected chi connectivity index (χ2v) is 5.25. The molecule has 0 bridgehead atoms. The maximum absolute atomic E-state index is 3.39. The van der Waals surface area contributed by atoms with Crippen LogP contribution in [0.2, 0.25) is 0 Å². The van der Waals surface area contributed by atoms with E-state index in [4.69, 9.17) is 0 Å². The average Bonchev–Trinajstić information content (AvgIpc) is 2.21. The van der Waals surface area contributed by atoms with Crippen LogP contribution in [0.4, 0.5) is 0 Å². The zero-order valence-electron chi connectivity index (χ0n) is 11.5. The van der Waals surface area contributed by atoms with Gasteiger partial charge in [-0.2, -0.15) is 0 Å². The van der Waals surface area contributed by atoms with Crippen molar-refractivity contribution in [1.82, 2.24) is 10.2 Å². The zero-order chi connectivity index (χ0) is 11.8. The molecule has 96 valence electrons. The fourth-order valence-electron chi connectivity index (χ4n) is 2.56. The summed E-state index contributed by atoms with van der Waals surface area (Å²) in [6, 6.07) is 1.60. The van der Waals surface area contributed by atoms with Crippen molar-refractivity contribution in [3.05, 3.63) is 0 Å². The molecule has 0 aromatic rings. The molecule has 0 aliphatic carbocycles. The molecule has 1 fully saturated rings. The summed E-state index contributed by atoms with van der Waals surface area (Å²) in [5.74, 6) is 0. The molecule has 0 saturated carbocycles. The lowest BCUT2D eigenvalue weighted by Crippen LogP contribution is -2.59. The van der Waals surface area contributed by atoms with Crippen LogP contribution in [0.3, 0.4) is 0 Å². The van der Waals surface area contributed by atoms with E-state index in [1.165, 1.54) is 58.2 Å². The van der Waals surface area contributed by atoms with Gasteiger partial charge in [-0.3, -0.25) is 4.90 Å². The summed E-state index contributed by atoms with van der Waals surface area (Å²) in [7, 11) is 0. The van der Waals surface area contributed by atoms with Crippen molar-refractivity contribution >= 4 is 0 Å². The molecule has 0 aromatic carbocycles. The highest BCUT2D eigenvalue weighted by Gasteiger charge is 2.26. The number of rotatable bonds is 9. The van der Waals surface area contributed by atoms with Crippen LogP contribution in [0.5, 0.6) is 0 Å². The minimum Gasteiger partial charge on any atom is -0.314 e. The lowest BCUT2D eigenvalue weighted by Gasteiger charge is -2.42. The predicted octanol–water partition coefficient (Wildman–Crippen LogP) is 3.03. The molecule has 1 N–H and O–H groups in total. The molecule has 2 heteroatoms. The van der Waals surface area contributed by atoms with Crippen molar-refractivity contribution in [3.8, 4) is 0 Å². The molecule has 1 aliphatic heterocycles. The van der Waals surface area contributed by atoms with Gasteiger partial charge in [-0.1, -0.05) is 39.5 Å². The summed E-state index contributed by atoms with van der Waals surface area (Å²) in [6.07, 6.45) is 8.26. The van der Waals surface area contributed by atoms with E-state index in [0.717, 1.165) is 12.1 Å². The highest BCUT2D eigenvalue weighted by molar-refractivity contribution is 4.87. The van der Waals surface area contributed by atoms with Crippen LogP contribution in [-0.2, 0) is 0 Å². The SMILES string of the molecule is CCCCCCC(C)N(CCC)C1CNC1. The van der Waals surface area contributed by atoms with Crippen molar-refractivity contribution in [1.29, 1.82) is 0 Å². The third kappa shape index (κ3) is 4.42. The summed E-state index contributed by atoms with van der Waals surface area (Å²) in [4.78, 5) is 2.72. The van der Waals surface area contributed by atoms with Gasteiger partial charge in [0.2, 0.25) is 0 Å². The minimum absolute atomic E-state index is 0.781. The molecule has 1 aliphatic rings. The molecule has 16 heavy (non-hydrogen) atoms. The summed E-state index contributed by atoms with van der Waals surface area (Å²) in [6.45, 7) is 10.7. The number of nitrogens with zero attached hydrogens (tertiary/aromatic N) is 1. The highest BCUT2D eigenvalue weighted by atomic mass is 15.2. The van der Waals surface area contributed by atoms with E-state index < -0.39 is 0 Å². The zero-order valence-corrected chi connectivity index (χ0v) is 11.5. The molecule has 0 radical (unpaired) electrons. The largest absolute Gasteiger partial charge is 0.314 e. The third-order valence-electron chi connectivity index (χ3n) is 3.75. The Kier molecular flexibility index (Phi) is 7.06. The van der Waals surface area contributed by atoms with Gasteiger partial charge in [-0.05, 0) is 26.3 Å². The molecule has 1 atom stereocenters. The fourth-order valence-corrected chi connectivity index (χ4v) is 2.56. The van der Waals surface area contributed by atoms with Crippen molar-refractivity contribution in [2.75, 3.05) is 19.6 Å². The van der Waals surface area contributed by atoms with Gasteiger partial charge in [-0.15, -0.1) is 0 Å². The van der Waals surface area contributed by atoms with Gasteiger partial charge in [0.15, 0.2) is 0 Å². The number of hydrogen-bond donors (Lipinski definition) is 1. The Bertz CT molecular complexity index is 166. The number of unbranched alkanes of at least 4 members (excludes halogenated alkanes) is 3. The van der Waals surface area contributed by atoms with E-state index in [9.17, 15) is 0 Å². The molecule has 0 amide bonds. The van der Waals surface area contributed by atoms with E-state index in [2.05, 4.69) is 31.0 Å². The maximum atomic E-state index is 3.39. The first kappa shape index (κ1) is 14.0. The van der Waals surface area contributed by atoms with E-state index in [-0.39, 0.29) is 0 Å². The quantitative estimate of drug-likeness (QED) is 0.608. The Hall–Kier alpha value is -0.0800. The van der Waals surface area contributed by atoms with Crippen LogP contribution in [0.1, 0.15) is 59.3 Å². The minimum atomic E-state index is 0.781. The molecular weight excluding hydrogens is 196 g/mol. The standard InChI is InChI=1S/C14H30N2/c1-4-6-7-8-9-13(3)16(10-5-2)14-11-15-12-14/h13-15H,4-12H2,1-3H3. The molecular formula is C14H30N2. The summed E-state index contributed by atoms with van der Waals surface area (Å²) in [5, 5.41) is 3.39. The Labute approximate surface area is 102 Å². The van der Waals surface area contributed by atoms with Gasteiger partial charge >= 0.3 is 0 Å². The third-order valence-corrected chi connectivity index (χ3v) is 3.75. The van der Waals surface area contributed by atoms with Crippen LogP contribution < -0.4 is 5.32 Å². The second kappa shape index (κ2) is 8.08. The topological polar surface area (TPSA) is 15.3 Å². The summed E-state index contributed by atoms with van der Waals surface area (Å²) >= 11 is 0. The van der Waals surface area contributed by atoms with Gasteiger partial charge in [0, 0.05) is 25.2 Å².